The maximum atomic E-state index is 6.58. The second-order valence-corrected chi connectivity index (χ2v) is 9.06. The fourth-order valence-corrected chi connectivity index (χ4v) is 7.30. The average Bonchev–Trinajstić information content (AvgIpc) is 2.59. The van der Waals surface area contributed by atoms with Crippen molar-refractivity contribution < 1.29 is 0 Å². The second-order valence-electron chi connectivity index (χ2n) is 4.94. The van der Waals surface area contributed by atoms with Gasteiger partial charge in [-0.1, -0.05) is 91.0 Å². The molecule has 2 heteroatoms. The van der Waals surface area contributed by atoms with Gasteiger partial charge in [0.2, 0.25) is 0 Å². The molecule has 0 N–H and O–H groups in total. The van der Waals surface area contributed by atoms with Crippen LogP contribution in [0, 0.1) is 0 Å². The molecule has 0 saturated carbocycles. The van der Waals surface area contributed by atoms with Crippen LogP contribution in [0.4, 0.5) is 0 Å². The molecule has 0 aliphatic rings. The van der Waals surface area contributed by atoms with Gasteiger partial charge in [-0.15, -0.1) is 11.6 Å². The minimum Gasteiger partial charge on any atom is -0.121 e. The number of rotatable bonds is 4. The van der Waals surface area contributed by atoms with Crippen LogP contribution in [0.3, 0.4) is 0 Å². The van der Waals surface area contributed by atoms with Crippen LogP contribution in [-0.2, 0) is 0 Å². The van der Waals surface area contributed by atoms with Crippen molar-refractivity contribution in [1.29, 1.82) is 0 Å². The summed E-state index contributed by atoms with van der Waals surface area (Å²) in [5, 5.41) is 3.99. The molecule has 1 radical (unpaired) electrons. The Labute approximate surface area is 131 Å². The highest BCUT2D eigenvalue weighted by Crippen LogP contribution is 2.55. The van der Waals surface area contributed by atoms with Crippen LogP contribution in [0.25, 0.3) is 0 Å². The number of benzene rings is 3. The Morgan fingerprint density at radius 1 is 0.524 bits per heavy atom. The molecule has 0 bridgehead atoms. The molecule has 0 unspecified atom stereocenters. The molecule has 0 atom stereocenters. The molecule has 0 saturated heterocycles. The molecule has 0 spiro atoms. The van der Waals surface area contributed by atoms with Crippen molar-refractivity contribution in [3.63, 3.8) is 0 Å². The molecule has 0 aromatic heterocycles. The van der Waals surface area contributed by atoms with Crippen LogP contribution in [0.2, 0.25) is 0 Å². The first-order valence-corrected chi connectivity index (χ1v) is 9.49. The highest BCUT2D eigenvalue weighted by atomic mass is 35.5. The van der Waals surface area contributed by atoms with Crippen LogP contribution >= 0.6 is 18.9 Å². The fraction of sp³-hybridized carbons (Fsp3) is 0.0526. The molecule has 0 amide bonds. The summed E-state index contributed by atoms with van der Waals surface area (Å²) < 4.78 is 0. The fourth-order valence-electron chi connectivity index (χ4n) is 2.70. The lowest BCUT2D eigenvalue weighted by molar-refractivity contribution is 1.71. The zero-order valence-corrected chi connectivity index (χ0v) is 13.3. The predicted molar refractivity (Wildman–Crippen MR) is 95.9 cm³/mol. The first kappa shape index (κ1) is 14.3. The Hall–Kier alpha value is -1.62. The van der Waals surface area contributed by atoms with Gasteiger partial charge < -0.3 is 0 Å². The third-order valence-electron chi connectivity index (χ3n) is 3.77. The Morgan fingerprint density at radius 2 is 0.810 bits per heavy atom. The van der Waals surface area contributed by atoms with Crippen LogP contribution in [0.5, 0.6) is 0 Å². The van der Waals surface area contributed by atoms with Crippen LogP contribution in [0.15, 0.2) is 91.0 Å². The molecule has 3 aromatic rings. The van der Waals surface area contributed by atoms with E-state index in [1.54, 1.807) is 0 Å². The Bertz CT molecular complexity index is 584. The molecule has 21 heavy (non-hydrogen) atoms. The zero-order valence-electron chi connectivity index (χ0n) is 11.7. The summed E-state index contributed by atoms with van der Waals surface area (Å²) >= 11 is 6.58. The number of alkyl halides is 1. The monoisotopic (exact) mass is 311 g/mol. The van der Waals surface area contributed by atoms with Crippen LogP contribution in [-0.4, -0.2) is 5.62 Å². The minimum absolute atomic E-state index is 0.616. The zero-order chi connectivity index (χ0) is 14.5. The molecule has 0 aliphatic carbocycles. The highest BCUT2D eigenvalue weighted by Gasteiger charge is 2.32. The van der Waals surface area contributed by atoms with E-state index in [4.69, 9.17) is 11.6 Å². The summed E-state index contributed by atoms with van der Waals surface area (Å²) in [4.78, 5) is 0. The lowest BCUT2D eigenvalue weighted by Crippen LogP contribution is -2.32. The topological polar surface area (TPSA) is 0 Å². The molecule has 3 aromatic carbocycles. The Balaban J connectivity index is 2.29. The minimum atomic E-state index is -1.77. The van der Waals surface area contributed by atoms with E-state index < -0.39 is 7.26 Å². The standard InChI is InChI=1S/C19H17ClP/c20-16-21(17-10-4-1-5-11-17,18-12-6-2-7-13-18)19-14-8-3-9-15-19/h1-15H,16H2. The van der Waals surface area contributed by atoms with E-state index in [0.29, 0.717) is 5.62 Å². The SMILES string of the molecule is ClC[P](c1ccccc1)(c1ccccc1)c1ccccc1. The molecule has 3 rings (SSSR count). The quantitative estimate of drug-likeness (QED) is 0.501. The van der Waals surface area contributed by atoms with Gasteiger partial charge in [0.05, 0.1) is 5.62 Å². The lowest BCUT2D eigenvalue weighted by Gasteiger charge is -2.36. The van der Waals surface area contributed by atoms with E-state index in [1.807, 2.05) is 0 Å². The van der Waals surface area contributed by atoms with Gasteiger partial charge in [0.15, 0.2) is 0 Å². The van der Waals surface area contributed by atoms with Gasteiger partial charge in [-0.2, -0.15) is 0 Å². The first-order chi connectivity index (χ1) is 10.4. The van der Waals surface area contributed by atoms with Crippen molar-refractivity contribution in [2.45, 2.75) is 0 Å². The average molecular weight is 312 g/mol. The summed E-state index contributed by atoms with van der Waals surface area (Å²) in [6, 6.07) is 32.0. The molecule has 0 aliphatic heterocycles. The van der Waals surface area contributed by atoms with Gasteiger partial charge in [-0.05, 0) is 23.2 Å². The van der Waals surface area contributed by atoms with Gasteiger partial charge >= 0.3 is 0 Å². The predicted octanol–water partition coefficient (Wildman–Crippen LogP) is 4.18. The van der Waals surface area contributed by atoms with Crippen molar-refractivity contribution in [3.8, 4) is 0 Å². The van der Waals surface area contributed by atoms with Crippen molar-refractivity contribution >= 4 is 34.8 Å². The van der Waals surface area contributed by atoms with Gasteiger partial charge in [-0.25, -0.2) is 0 Å². The largest absolute Gasteiger partial charge is 0.121 e. The number of hydrogen-bond donors (Lipinski definition) is 0. The maximum Gasteiger partial charge on any atom is 0.0504 e. The van der Waals surface area contributed by atoms with Crippen LogP contribution < -0.4 is 15.9 Å². The number of hydrogen-bond acceptors (Lipinski definition) is 0. The third-order valence-corrected chi connectivity index (χ3v) is 8.74. The summed E-state index contributed by atoms with van der Waals surface area (Å²) in [5.41, 5.74) is 0.616. The summed E-state index contributed by atoms with van der Waals surface area (Å²) in [6.45, 7) is 0. The number of halogens is 1. The van der Waals surface area contributed by atoms with E-state index in [2.05, 4.69) is 91.0 Å². The smallest absolute Gasteiger partial charge is 0.0504 e. The van der Waals surface area contributed by atoms with Gasteiger partial charge in [0.25, 0.3) is 0 Å². The van der Waals surface area contributed by atoms with E-state index in [0.717, 1.165) is 0 Å². The second kappa shape index (κ2) is 6.43. The summed E-state index contributed by atoms with van der Waals surface area (Å²) in [5.74, 6) is 0. The van der Waals surface area contributed by atoms with Gasteiger partial charge in [-0.3, -0.25) is 0 Å². The maximum absolute atomic E-state index is 6.58. The lowest BCUT2D eigenvalue weighted by atomic mass is 10.4. The van der Waals surface area contributed by atoms with Crippen molar-refractivity contribution in [1.82, 2.24) is 0 Å². The van der Waals surface area contributed by atoms with Crippen LogP contribution in [0.1, 0.15) is 0 Å². The molecule has 0 heterocycles. The van der Waals surface area contributed by atoms with E-state index in [-0.39, 0.29) is 0 Å². The third kappa shape index (κ3) is 2.62. The molecular weight excluding hydrogens is 295 g/mol. The van der Waals surface area contributed by atoms with Gasteiger partial charge in [0, 0.05) is 0 Å². The Morgan fingerprint density at radius 3 is 1.05 bits per heavy atom. The van der Waals surface area contributed by atoms with Gasteiger partial charge in [0.1, 0.15) is 0 Å². The summed E-state index contributed by atoms with van der Waals surface area (Å²) in [7, 11) is -1.77. The van der Waals surface area contributed by atoms with E-state index in [9.17, 15) is 0 Å². The summed E-state index contributed by atoms with van der Waals surface area (Å²) in [6.07, 6.45) is 0. The normalized spacial score (nSPS) is 11.3. The van der Waals surface area contributed by atoms with Crippen molar-refractivity contribution in [2.75, 3.05) is 5.62 Å². The first-order valence-electron chi connectivity index (χ1n) is 6.99. The van der Waals surface area contributed by atoms with E-state index >= 15 is 0 Å². The van der Waals surface area contributed by atoms with E-state index in [1.165, 1.54) is 15.9 Å². The molecule has 0 fully saturated rings. The highest BCUT2D eigenvalue weighted by molar-refractivity contribution is 7.96. The van der Waals surface area contributed by atoms with Crippen molar-refractivity contribution in [2.24, 2.45) is 0 Å². The molecule has 0 nitrogen and oxygen atoms in total. The molecule has 105 valence electrons. The Kier molecular flexibility index (Phi) is 4.39. The molecular formula is C19H17ClP. The van der Waals surface area contributed by atoms with Crippen molar-refractivity contribution in [3.05, 3.63) is 91.0 Å².